The molecule has 1 amide bonds. The molecule has 0 saturated carbocycles. The fourth-order valence-electron chi connectivity index (χ4n) is 1.79. The Bertz CT molecular complexity index is 858. The second kappa shape index (κ2) is 7.94. The van der Waals surface area contributed by atoms with Crippen molar-refractivity contribution >= 4 is 57.9 Å². The summed E-state index contributed by atoms with van der Waals surface area (Å²) in [5, 5.41) is 12.7. The molecule has 0 bridgehead atoms. The maximum atomic E-state index is 12.0. The van der Waals surface area contributed by atoms with Crippen LogP contribution in [0.2, 0.25) is 10.0 Å². The molecule has 0 aliphatic carbocycles. The van der Waals surface area contributed by atoms with Crippen molar-refractivity contribution in [1.29, 1.82) is 0 Å². The minimum atomic E-state index is -0.190. The highest BCUT2D eigenvalue weighted by atomic mass is 35.5. The third-order valence-electron chi connectivity index (χ3n) is 2.86. The number of anilines is 1. The van der Waals surface area contributed by atoms with Crippen LogP contribution in [-0.2, 0) is 4.79 Å². The number of rotatable bonds is 5. The molecule has 3 rings (SSSR count). The predicted molar refractivity (Wildman–Crippen MR) is 99.0 cm³/mol. The maximum absolute atomic E-state index is 12.0. The van der Waals surface area contributed by atoms with E-state index in [4.69, 9.17) is 23.2 Å². The molecule has 1 N–H and O–H groups in total. The summed E-state index contributed by atoms with van der Waals surface area (Å²) in [6, 6.07) is 8.64. The SMILES string of the molecule is O=C(CSc1nnc(-c2ccncc2)s1)Nc1cc(Cl)ccc1Cl. The standard InChI is InChI=1S/C15H10Cl2N4OS2/c16-10-1-2-11(17)12(7-10)19-13(22)8-23-15-21-20-14(24-15)9-3-5-18-6-4-9/h1-7H,8H2,(H,19,22). The second-order valence-corrected chi connectivity index (χ2v) is 7.61. The van der Waals surface area contributed by atoms with Gasteiger partial charge in [-0.3, -0.25) is 9.78 Å². The molecule has 0 aliphatic rings. The van der Waals surface area contributed by atoms with Crippen molar-refractivity contribution in [2.75, 3.05) is 11.1 Å². The van der Waals surface area contributed by atoms with Crippen LogP contribution >= 0.6 is 46.3 Å². The third-order valence-corrected chi connectivity index (χ3v) is 5.53. The summed E-state index contributed by atoms with van der Waals surface area (Å²) in [7, 11) is 0. The van der Waals surface area contributed by atoms with Gasteiger partial charge in [-0.25, -0.2) is 0 Å². The van der Waals surface area contributed by atoms with E-state index in [1.54, 1.807) is 30.6 Å². The van der Waals surface area contributed by atoms with E-state index in [2.05, 4.69) is 20.5 Å². The van der Waals surface area contributed by atoms with Crippen LogP contribution in [0.5, 0.6) is 0 Å². The molecule has 0 spiro atoms. The molecule has 0 radical (unpaired) electrons. The normalized spacial score (nSPS) is 10.6. The minimum Gasteiger partial charge on any atom is -0.324 e. The molecule has 3 aromatic rings. The lowest BCUT2D eigenvalue weighted by Crippen LogP contribution is -2.14. The van der Waals surface area contributed by atoms with Crippen LogP contribution in [0.1, 0.15) is 0 Å². The van der Waals surface area contributed by atoms with Gasteiger partial charge in [0.05, 0.1) is 16.5 Å². The van der Waals surface area contributed by atoms with E-state index in [1.165, 1.54) is 23.1 Å². The average molecular weight is 397 g/mol. The molecule has 24 heavy (non-hydrogen) atoms. The zero-order valence-electron chi connectivity index (χ0n) is 12.1. The minimum absolute atomic E-state index is 0.190. The Labute approximate surface area is 156 Å². The monoisotopic (exact) mass is 396 g/mol. The Hall–Kier alpha value is -1.67. The Balaban J connectivity index is 1.59. The predicted octanol–water partition coefficient (Wildman–Crippen LogP) is 4.64. The molecule has 0 unspecified atom stereocenters. The van der Waals surface area contributed by atoms with Crippen molar-refractivity contribution in [2.24, 2.45) is 0 Å². The summed E-state index contributed by atoms with van der Waals surface area (Å²) in [6.45, 7) is 0. The average Bonchev–Trinajstić information content (AvgIpc) is 3.06. The van der Waals surface area contributed by atoms with Crippen molar-refractivity contribution in [3.05, 3.63) is 52.8 Å². The first kappa shape index (κ1) is 17.2. The van der Waals surface area contributed by atoms with E-state index < -0.39 is 0 Å². The molecule has 0 atom stereocenters. The van der Waals surface area contributed by atoms with Crippen LogP contribution in [0, 0.1) is 0 Å². The van der Waals surface area contributed by atoms with Crippen molar-refractivity contribution in [2.45, 2.75) is 4.34 Å². The first-order chi connectivity index (χ1) is 11.6. The van der Waals surface area contributed by atoms with E-state index in [-0.39, 0.29) is 11.7 Å². The number of hydrogen-bond donors (Lipinski definition) is 1. The zero-order valence-corrected chi connectivity index (χ0v) is 15.2. The Morgan fingerprint density at radius 2 is 1.96 bits per heavy atom. The number of nitrogens with one attached hydrogen (secondary N) is 1. The van der Waals surface area contributed by atoms with Gasteiger partial charge < -0.3 is 5.32 Å². The summed E-state index contributed by atoms with van der Waals surface area (Å²) < 4.78 is 0.717. The first-order valence-electron chi connectivity index (χ1n) is 6.73. The topological polar surface area (TPSA) is 67.8 Å². The van der Waals surface area contributed by atoms with E-state index in [1.807, 2.05) is 12.1 Å². The van der Waals surface area contributed by atoms with Gasteiger partial charge in [-0.1, -0.05) is 46.3 Å². The molecule has 122 valence electrons. The third kappa shape index (κ3) is 4.45. The van der Waals surface area contributed by atoms with Crippen LogP contribution in [0.4, 0.5) is 5.69 Å². The van der Waals surface area contributed by atoms with E-state index in [0.717, 1.165) is 10.6 Å². The van der Waals surface area contributed by atoms with Gasteiger partial charge in [0, 0.05) is 23.0 Å². The summed E-state index contributed by atoms with van der Waals surface area (Å²) in [6.07, 6.45) is 3.40. The van der Waals surface area contributed by atoms with Gasteiger partial charge in [0.25, 0.3) is 0 Å². The van der Waals surface area contributed by atoms with E-state index in [9.17, 15) is 4.79 Å². The first-order valence-corrected chi connectivity index (χ1v) is 9.29. The molecule has 0 aliphatic heterocycles. The number of benzene rings is 1. The van der Waals surface area contributed by atoms with Gasteiger partial charge in [-0.15, -0.1) is 10.2 Å². The molecule has 0 fully saturated rings. The van der Waals surface area contributed by atoms with Crippen molar-refractivity contribution in [1.82, 2.24) is 15.2 Å². The van der Waals surface area contributed by atoms with Crippen molar-refractivity contribution in [3.8, 4) is 10.6 Å². The smallest absolute Gasteiger partial charge is 0.234 e. The number of carbonyl (C=O) groups is 1. The van der Waals surface area contributed by atoms with E-state index >= 15 is 0 Å². The molecule has 9 heteroatoms. The number of aromatic nitrogens is 3. The van der Waals surface area contributed by atoms with Gasteiger partial charge >= 0.3 is 0 Å². The Kier molecular flexibility index (Phi) is 5.68. The highest BCUT2D eigenvalue weighted by Crippen LogP contribution is 2.29. The van der Waals surface area contributed by atoms with Gasteiger partial charge in [-0.05, 0) is 30.3 Å². The van der Waals surface area contributed by atoms with Crippen LogP contribution in [0.3, 0.4) is 0 Å². The van der Waals surface area contributed by atoms with Gasteiger partial charge in [0.1, 0.15) is 5.01 Å². The number of nitrogens with zero attached hydrogens (tertiary/aromatic N) is 3. The van der Waals surface area contributed by atoms with Gasteiger partial charge in [0.15, 0.2) is 4.34 Å². The van der Waals surface area contributed by atoms with Gasteiger partial charge in [-0.2, -0.15) is 0 Å². The molecule has 1 aromatic carbocycles. The van der Waals surface area contributed by atoms with Crippen LogP contribution in [0.25, 0.3) is 10.6 Å². The largest absolute Gasteiger partial charge is 0.324 e. The fraction of sp³-hybridized carbons (Fsp3) is 0.0667. The molecule has 2 heterocycles. The summed E-state index contributed by atoms with van der Waals surface area (Å²) in [5.74, 6) is 0.0122. The number of thioether (sulfide) groups is 1. The lowest BCUT2D eigenvalue weighted by Gasteiger charge is -2.06. The highest BCUT2D eigenvalue weighted by molar-refractivity contribution is 8.01. The van der Waals surface area contributed by atoms with Crippen molar-refractivity contribution in [3.63, 3.8) is 0 Å². The molecule has 2 aromatic heterocycles. The lowest BCUT2D eigenvalue weighted by molar-refractivity contribution is -0.113. The Morgan fingerprint density at radius 3 is 2.75 bits per heavy atom. The van der Waals surface area contributed by atoms with E-state index in [0.29, 0.717) is 20.1 Å². The number of carbonyl (C=O) groups excluding carboxylic acids is 1. The summed E-state index contributed by atoms with van der Waals surface area (Å²) >= 11 is 14.7. The number of hydrogen-bond acceptors (Lipinski definition) is 6. The molecule has 5 nitrogen and oxygen atoms in total. The Morgan fingerprint density at radius 1 is 1.17 bits per heavy atom. The van der Waals surface area contributed by atoms with Crippen molar-refractivity contribution < 1.29 is 4.79 Å². The number of pyridine rings is 1. The summed E-state index contributed by atoms with van der Waals surface area (Å²) in [5.41, 5.74) is 1.44. The lowest BCUT2D eigenvalue weighted by atomic mass is 10.3. The zero-order chi connectivity index (χ0) is 16.9. The number of halogens is 2. The van der Waals surface area contributed by atoms with Crippen LogP contribution in [-0.4, -0.2) is 26.8 Å². The second-order valence-electron chi connectivity index (χ2n) is 4.57. The fourth-order valence-corrected chi connectivity index (χ4v) is 3.78. The van der Waals surface area contributed by atoms with Gasteiger partial charge in [0.2, 0.25) is 5.91 Å². The van der Waals surface area contributed by atoms with Crippen LogP contribution in [0.15, 0.2) is 47.1 Å². The quantitative estimate of drug-likeness (QED) is 0.636. The summed E-state index contributed by atoms with van der Waals surface area (Å²) in [4.78, 5) is 16.0. The number of amides is 1. The molecular weight excluding hydrogens is 387 g/mol. The highest BCUT2D eigenvalue weighted by Gasteiger charge is 2.11. The van der Waals surface area contributed by atoms with Crippen LogP contribution < -0.4 is 5.32 Å². The maximum Gasteiger partial charge on any atom is 0.234 e. The molecule has 0 saturated heterocycles. The molecular formula is C15H10Cl2N4OS2.